The van der Waals surface area contributed by atoms with E-state index < -0.39 is 29.6 Å². The zero-order valence-corrected chi connectivity index (χ0v) is 12.2. The fraction of sp³-hybridized carbons (Fsp3) is 0.750. The highest BCUT2D eigenvalue weighted by atomic mass is 16.5. The van der Waals surface area contributed by atoms with Gasteiger partial charge in [-0.1, -0.05) is 0 Å². The number of carbonyl (C=O) groups is 3. The van der Waals surface area contributed by atoms with Crippen molar-refractivity contribution in [2.24, 2.45) is 0 Å². The monoisotopic (exact) mass is 300 g/mol. The predicted molar refractivity (Wildman–Crippen MR) is 70.3 cm³/mol. The number of urea groups is 1. The molecule has 0 aliphatic carbocycles. The smallest absolute Gasteiger partial charge is 0.423 e. The number of hydrazine groups is 1. The van der Waals surface area contributed by atoms with Gasteiger partial charge in [-0.25, -0.2) is 25.1 Å². The van der Waals surface area contributed by atoms with Crippen molar-refractivity contribution in [3.05, 3.63) is 0 Å². The second-order valence-corrected chi connectivity index (χ2v) is 6.29. The molecule has 2 heterocycles. The molecule has 9 heteroatoms. The fourth-order valence-electron chi connectivity index (χ4n) is 2.71. The van der Waals surface area contributed by atoms with E-state index in [2.05, 4.69) is 5.43 Å². The van der Waals surface area contributed by atoms with Gasteiger partial charge in [0.1, 0.15) is 6.04 Å². The van der Waals surface area contributed by atoms with Crippen LogP contribution in [0.5, 0.6) is 0 Å². The lowest BCUT2D eigenvalue weighted by Crippen LogP contribution is -2.61. The Labute approximate surface area is 122 Å². The number of piperidine rings is 1. The molecule has 2 fully saturated rings. The molecule has 2 aliphatic rings. The standard InChI is InChI=1S/C12H20N4O5/c1-12(2,3)16(13-10(18)19)9(17)8-5-4-7-6-14(8)11(20)15(7)21/h7-8,13,21H,4-6H2,1-3H3,(H,18,19)/t7-,8+/m1/s1. The van der Waals surface area contributed by atoms with Gasteiger partial charge in [-0.2, -0.15) is 0 Å². The topological polar surface area (TPSA) is 113 Å². The van der Waals surface area contributed by atoms with Crippen LogP contribution in [0.25, 0.3) is 0 Å². The zero-order valence-electron chi connectivity index (χ0n) is 12.2. The number of carbonyl (C=O) groups excluding carboxylic acids is 2. The minimum Gasteiger partial charge on any atom is -0.464 e. The first-order chi connectivity index (χ1) is 9.62. The lowest BCUT2D eigenvalue weighted by molar-refractivity contribution is -0.145. The first kappa shape index (κ1) is 15.4. The minimum atomic E-state index is -1.34. The Hall–Kier alpha value is -2.03. The Kier molecular flexibility index (Phi) is 3.70. The van der Waals surface area contributed by atoms with E-state index in [-0.39, 0.29) is 12.6 Å². The van der Waals surface area contributed by atoms with Crippen molar-refractivity contribution in [3.8, 4) is 0 Å². The third-order valence-electron chi connectivity index (χ3n) is 3.73. The predicted octanol–water partition coefficient (Wildman–Crippen LogP) is 0.454. The molecule has 0 aromatic heterocycles. The molecule has 0 aromatic carbocycles. The summed E-state index contributed by atoms with van der Waals surface area (Å²) in [4.78, 5) is 36.7. The Morgan fingerprint density at radius 3 is 2.48 bits per heavy atom. The van der Waals surface area contributed by atoms with E-state index in [1.165, 1.54) is 4.90 Å². The molecule has 2 atom stereocenters. The van der Waals surface area contributed by atoms with Crippen molar-refractivity contribution in [1.82, 2.24) is 20.4 Å². The van der Waals surface area contributed by atoms with Crippen LogP contribution in [0.2, 0.25) is 0 Å². The molecule has 0 spiro atoms. The van der Waals surface area contributed by atoms with Crippen LogP contribution in [-0.4, -0.2) is 67.5 Å². The van der Waals surface area contributed by atoms with Gasteiger partial charge in [0.2, 0.25) is 0 Å². The lowest BCUT2D eigenvalue weighted by atomic mass is 9.98. The molecule has 118 valence electrons. The third-order valence-corrected chi connectivity index (χ3v) is 3.73. The SMILES string of the molecule is CC(C)(C)N(NC(=O)O)C(=O)[C@@H]1CC[C@@H]2CN1C(=O)N2O. The van der Waals surface area contributed by atoms with E-state index >= 15 is 0 Å². The molecule has 2 rings (SSSR count). The van der Waals surface area contributed by atoms with Crippen LogP contribution in [0.1, 0.15) is 33.6 Å². The number of hydrogen-bond acceptors (Lipinski definition) is 4. The Bertz CT molecular complexity index is 475. The van der Waals surface area contributed by atoms with Gasteiger partial charge in [-0.05, 0) is 33.6 Å². The number of hydroxylamine groups is 2. The lowest BCUT2D eigenvalue weighted by Gasteiger charge is -2.39. The summed E-state index contributed by atoms with van der Waals surface area (Å²) in [7, 11) is 0. The number of carboxylic acid groups (broad SMARTS) is 1. The van der Waals surface area contributed by atoms with Crippen LogP contribution in [0.3, 0.4) is 0 Å². The number of rotatable bonds is 1. The highest BCUT2D eigenvalue weighted by molar-refractivity contribution is 5.89. The average molecular weight is 300 g/mol. The largest absolute Gasteiger partial charge is 0.464 e. The highest BCUT2D eigenvalue weighted by Gasteiger charge is 2.49. The van der Waals surface area contributed by atoms with Gasteiger partial charge in [-0.15, -0.1) is 0 Å². The van der Waals surface area contributed by atoms with E-state index in [1.54, 1.807) is 20.8 Å². The normalized spacial score (nSPS) is 25.0. The van der Waals surface area contributed by atoms with Crippen molar-refractivity contribution >= 4 is 18.0 Å². The van der Waals surface area contributed by atoms with Crippen molar-refractivity contribution in [2.45, 2.75) is 51.2 Å². The number of nitrogens with one attached hydrogen (secondary N) is 1. The van der Waals surface area contributed by atoms with E-state index in [0.717, 1.165) is 5.01 Å². The van der Waals surface area contributed by atoms with Crippen LogP contribution in [0.15, 0.2) is 0 Å². The molecule has 0 radical (unpaired) electrons. The molecule has 2 saturated heterocycles. The summed E-state index contributed by atoms with van der Waals surface area (Å²) >= 11 is 0. The van der Waals surface area contributed by atoms with E-state index in [9.17, 15) is 19.6 Å². The summed E-state index contributed by atoms with van der Waals surface area (Å²) < 4.78 is 0. The van der Waals surface area contributed by atoms with Crippen LogP contribution in [0, 0.1) is 0 Å². The van der Waals surface area contributed by atoms with Gasteiger partial charge in [0, 0.05) is 6.54 Å². The Morgan fingerprint density at radius 1 is 1.33 bits per heavy atom. The van der Waals surface area contributed by atoms with Gasteiger partial charge in [0.05, 0.1) is 11.6 Å². The number of fused-ring (bicyclic) bond motifs is 2. The molecular weight excluding hydrogens is 280 g/mol. The van der Waals surface area contributed by atoms with Crippen LogP contribution in [-0.2, 0) is 4.79 Å². The highest BCUT2D eigenvalue weighted by Crippen LogP contribution is 2.30. The number of nitrogens with zero attached hydrogens (tertiary/aromatic N) is 3. The van der Waals surface area contributed by atoms with Gasteiger partial charge < -0.3 is 10.0 Å². The van der Waals surface area contributed by atoms with Gasteiger partial charge >= 0.3 is 12.1 Å². The summed E-state index contributed by atoms with van der Waals surface area (Å²) in [6, 6.07) is -1.67. The van der Waals surface area contributed by atoms with Crippen molar-refractivity contribution in [2.75, 3.05) is 6.54 Å². The molecule has 3 N–H and O–H groups in total. The van der Waals surface area contributed by atoms with Crippen molar-refractivity contribution in [3.63, 3.8) is 0 Å². The number of hydrogen-bond donors (Lipinski definition) is 3. The summed E-state index contributed by atoms with van der Waals surface area (Å²) in [5, 5.41) is 20.2. The van der Waals surface area contributed by atoms with Gasteiger partial charge in [0.25, 0.3) is 5.91 Å². The average Bonchev–Trinajstić information content (AvgIpc) is 2.59. The molecule has 2 bridgehead atoms. The Balaban J connectivity index is 2.21. The van der Waals surface area contributed by atoms with E-state index in [4.69, 9.17) is 5.11 Å². The van der Waals surface area contributed by atoms with Crippen molar-refractivity contribution < 1.29 is 24.7 Å². The maximum Gasteiger partial charge on any atom is 0.423 e. The van der Waals surface area contributed by atoms with Gasteiger partial charge in [0.15, 0.2) is 0 Å². The molecular formula is C12H20N4O5. The fourth-order valence-corrected chi connectivity index (χ4v) is 2.71. The van der Waals surface area contributed by atoms with Crippen LogP contribution < -0.4 is 5.43 Å². The molecule has 0 saturated carbocycles. The first-order valence-electron chi connectivity index (χ1n) is 6.75. The van der Waals surface area contributed by atoms with Gasteiger partial charge in [-0.3, -0.25) is 10.0 Å². The summed E-state index contributed by atoms with van der Waals surface area (Å²) in [5.41, 5.74) is 1.32. The molecule has 9 nitrogen and oxygen atoms in total. The van der Waals surface area contributed by atoms with Crippen molar-refractivity contribution in [1.29, 1.82) is 0 Å². The molecule has 4 amide bonds. The maximum absolute atomic E-state index is 12.6. The molecule has 0 unspecified atom stereocenters. The van der Waals surface area contributed by atoms with E-state index in [0.29, 0.717) is 17.9 Å². The summed E-state index contributed by atoms with van der Waals surface area (Å²) in [6.45, 7) is 5.35. The molecule has 0 aromatic rings. The van der Waals surface area contributed by atoms with Crippen LogP contribution in [0.4, 0.5) is 9.59 Å². The molecule has 21 heavy (non-hydrogen) atoms. The summed E-state index contributed by atoms with van der Waals surface area (Å²) in [5.74, 6) is -0.494. The third kappa shape index (κ3) is 2.73. The Morgan fingerprint density at radius 2 is 1.95 bits per heavy atom. The zero-order chi connectivity index (χ0) is 15.9. The first-order valence-corrected chi connectivity index (χ1v) is 6.75. The second kappa shape index (κ2) is 5.06. The van der Waals surface area contributed by atoms with E-state index in [1.807, 2.05) is 0 Å². The number of amides is 4. The minimum absolute atomic E-state index is 0.275. The quantitative estimate of drug-likeness (QED) is 0.481. The van der Waals surface area contributed by atoms with Crippen LogP contribution >= 0.6 is 0 Å². The molecule has 2 aliphatic heterocycles. The summed E-state index contributed by atoms with van der Waals surface area (Å²) in [6.07, 6.45) is -0.455. The maximum atomic E-state index is 12.6. The second-order valence-electron chi connectivity index (χ2n) is 6.29.